The van der Waals surface area contributed by atoms with Crippen molar-refractivity contribution in [2.24, 2.45) is 0 Å². The minimum atomic E-state index is -4.64. The summed E-state index contributed by atoms with van der Waals surface area (Å²) in [6, 6.07) is 19.8. The van der Waals surface area contributed by atoms with Crippen molar-refractivity contribution in [1.82, 2.24) is 4.90 Å². The standard InChI is InChI=1S/C39H36F9NO2P/c40-37(41,42)27-13-19-30(20-14-27)52(31-21-15-28(16-22-31)38(43,44)45,32-23-17-29(18-24-32)39(46,47)48)26-10-6-4-2-1-3-5-9-25-49-35(50)33-11-7-8-12-34(33)36(49)51/h7-8,11-24H,1-6,9-10,25-26H2/q+1. The Morgan fingerprint density at radius 1 is 0.423 bits per heavy atom. The molecule has 0 aliphatic carbocycles. The first-order valence-corrected chi connectivity index (χ1v) is 18.9. The van der Waals surface area contributed by atoms with Crippen LogP contribution >= 0.6 is 7.26 Å². The second-order valence-electron chi connectivity index (χ2n) is 12.8. The lowest BCUT2D eigenvalue weighted by Crippen LogP contribution is -2.34. The zero-order valence-corrected chi connectivity index (χ0v) is 28.8. The van der Waals surface area contributed by atoms with Gasteiger partial charge >= 0.3 is 18.5 Å². The third-order valence-corrected chi connectivity index (χ3v) is 13.9. The van der Waals surface area contributed by atoms with Gasteiger partial charge in [0.1, 0.15) is 23.2 Å². The van der Waals surface area contributed by atoms with E-state index in [9.17, 15) is 49.1 Å². The minimum absolute atomic E-state index is 0.289. The van der Waals surface area contributed by atoms with Gasteiger partial charge in [-0.25, -0.2) is 0 Å². The number of hydrogen-bond acceptors (Lipinski definition) is 2. The molecule has 0 spiro atoms. The summed E-state index contributed by atoms with van der Waals surface area (Å²) in [5, 5.41) is 1.24. The number of alkyl halides is 9. The van der Waals surface area contributed by atoms with Gasteiger partial charge in [-0.15, -0.1) is 0 Å². The summed E-state index contributed by atoms with van der Waals surface area (Å²) in [6.45, 7) is 0.329. The fourth-order valence-corrected chi connectivity index (χ4v) is 11.0. The van der Waals surface area contributed by atoms with Crippen molar-refractivity contribution >= 4 is 35.0 Å². The number of unbranched alkanes of at least 4 members (excludes halogenated alkanes) is 7. The predicted octanol–water partition coefficient (Wildman–Crippen LogP) is 10.5. The Morgan fingerprint density at radius 3 is 1.06 bits per heavy atom. The van der Waals surface area contributed by atoms with Gasteiger partial charge in [0.2, 0.25) is 0 Å². The lowest BCUT2D eigenvalue weighted by atomic mass is 10.1. The summed E-state index contributed by atoms with van der Waals surface area (Å²) in [5.41, 5.74) is -1.93. The van der Waals surface area contributed by atoms with Crippen LogP contribution in [-0.2, 0) is 18.5 Å². The Hall–Kier alpha value is -4.18. The number of amides is 2. The van der Waals surface area contributed by atoms with Crippen LogP contribution in [0.5, 0.6) is 0 Å². The van der Waals surface area contributed by atoms with Crippen molar-refractivity contribution in [3.8, 4) is 0 Å². The third-order valence-electron chi connectivity index (χ3n) is 9.41. The first-order valence-electron chi connectivity index (χ1n) is 16.9. The highest BCUT2D eigenvalue weighted by Crippen LogP contribution is 2.56. The van der Waals surface area contributed by atoms with E-state index in [4.69, 9.17) is 0 Å². The van der Waals surface area contributed by atoms with Crippen LogP contribution in [0.3, 0.4) is 0 Å². The molecule has 2 amide bonds. The summed E-state index contributed by atoms with van der Waals surface area (Å²) in [4.78, 5) is 26.4. The van der Waals surface area contributed by atoms with E-state index >= 15 is 0 Å². The third kappa shape index (κ3) is 8.71. The summed E-state index contributed by atoms with van der Waals surface area (Å²) in [6.07, 6.45) is -7.58. The van der Waals surface area contributed by atoms with Crippen molar-refractivity contribution in [2.45, 2.75) is 69.9 Å². The molecule has 0 bridgehead atoms. The van der Waals surface area contributed by atoms with Gasteiger partial charge in [-0.2, -0.15) is 39.5 Å². The summed E-state index contributed by atoms with van der Waals surface area (Å²) in [5.74, 6) is -0.577. The van der Waals surface area contributed by atoms with Crippen molar-refractivity contribution in [3.05, 3.63) is 125 Å². The molecule has 0 saturated carbocycles. The number of hydrogen-bond donors (Lipinski definition) is 0. The monoisotopic (exact) mass is 752 g/mol. The molecule has 52 heavy (non-hydrogen) atoms. The Morgan fingerprint density at radius 2 is 0.731 bits per heavy atom. The second kappa shape index (κ2) is 15.8. The summed E-state index contributed by atoms with van der Waals surface area (Å²) >= 11 is 0. The first kappa shape index (κ1) is 39.0. The highest BCUT2D eigenvalue weighted by Gasteiger charge is 2.46. The highest BCUT2D eigenvalue weighted by molar-refractivity contribution is 7.95. The van der Waals surface area contributed by atoms with E-state index in [-0.39, 0.29) is 11.8 Å². The fourth-order valence-electron chi connectivity index (χ4n) is 6.67. The molecule has 0 aromatic heterocycles. The van der Waals surface area contributed by atoms with Crippen LogP contribution in [0.2, 0.25) is 0 Å². The van der Waals surface area contributed by atoms with Crippen LogP contribution in [0.1, 0.15) is 88.8 Å². The molecule has 1 heterocycles. The van der Waals surface area contributed by atoms with Crippen molar-refractivity contribution < 1.29 is 49.1 Å². The lowest BCUT2D eigenvalue weighted by Gasteiger charge is -2.28. The summed E-state index contributed by atoms with van der Waals surface area (Å²) in [7, 11) is -3.04. The predicted molar refractivity (Wildman–Crippen MR) is 184 cm³/mol. The molecule has 0 fully saturated rings. The maximum atomic E-state index is 13.5. The quantitative estimate of drug-likeness (QED) is 0.0557. The first-order chi connectivity index (χ1) is 24.5. The van der Waals surface area contributed by atoms with Crippen LogP contribution in [0.25, 0.3) is 0 Å². The number of nitrogens with zero attached hydrogens (tertiary/aromatic N) is 1. The van der Waals surface area contributed by atoms with Crippen molar-refractivity contribution in [2.75, 3.05) is 12.7 Å². The van der Waals surface area contributed by atoms with Gasteiger partial charge in [0.15, 0.2) is 0 Å². The molecule has 0 saturated heterocycles. The molecule has 1 aliphatic rings. The Bertz CT molecular complexity index is 1660. The Labute approximate surface area is 296 Å². The van der Waals surface area contributed by atoms with Gasteiger partial charge in [0.05, 0.1) is 34.0 Å². The number of halogens is 9. The van der Waals surface area contributed by atoms with E-state index in [1.165, 1.54) is 41.3 Å². The molecule has 5 rings (SSSR count). The molecule has 4 aromatic rings. The smallest absolute Gasteiger partial charge is 0.274 e. The number of rotatable bonds is 14. The van der Waals surface area contributed by atoms with E-state index in [1.807, 2.05) is 0 Å². The molecule has 0 unspecified atom stereocenters. The Balaban J connectivity index is 1.28. The number of carbonyl (C=O) groups excluding carboxylic acids is 2. The van der Waals surface area contributed by atoms with Gasteiger partial charge in [-0.05, 0) is 104 Å². The normalized spacial score (nSPS) is 13.9. The van der Waals surface area contributed by atoms with Gasteiger partial charge in [0.25, 0.3) is 11.8 Å². The topological polar surface area (TPSA) is 37.4 Å². The van der Waals surface area contributed by atoms with Gasteiger partial charge < -0.3 is 0 Å². The van der Waals surface area contributed by atoms with E-state index < -0.39 is 42.5 Å². The average Bonchev–Trinajstić information content (AvgIpc) is 3.35. The van der Waals surface area contributed by atoms with Crippen molar-refractivity contribution in [3.63, 3.8) is 0 Å². The molecule has 0 radical (unpaired) electrons. The molecule has 1 aliphatic heterocycles. The SMILES string of the molecule is O=C1c2ccccc2C(=O)N1CCCCCCCCCC[P+](c1ccc(C(F)(F)F)cc1)(c1ccc(C(F)(F)F)cc1)c1ccc(C(F)(F)F)cc1. The highest BCUT2D eigenvalue weighted by atomic mass is 31.2. The average molecular weight is 753 g/mol. The van der Waals surface area contributed by atoms with E-state index in [0.717, 1.165) is 68.5 Å². The molecular weight excluding hydrogens is 716 g/mol. The molecule has 4 aromatic carbocycles. The largest absolute Gasteiger partial charge is 0.416 e. The van der Waals surface area contributed by atoms with Gasteiger partial charge in [-0.1, -0.05) is 44.2 Å². The van der Waals surface area contributed by atoms with E-state index in [0.29, 0.717) is 59.0 Å². The zero-order chi connectivity index (χ0) is 37.7. The van der Waals surface area contributed by atoms with Gasteiger partial charge in [0, 0.05) is 6.54 Å². The van der Waals surface area contributed by atoms with Crippen LogP contribution < -0.4 is 15.9 Å². The molecule has 3 nitrogen and oxygen atoms in total. The minimum Gasteiger partial charge on any atom is -0.274 e. The zero-order valence-electron chi connectivity index (χ0n) is 27.9. The maximum absolute atomic E-state index is 13.5. The van der Waals surface area contributed by atoms with Crippen LogP contribution in [0.4, 0.5) is 39.5 Å². The van der Waals surface area contributed by atoms with Gasteiger partial charge in [-0.3, -0.25) is 14.5 Å². The maximum Gasteiger partial charge on any atom is 0.416 e. The van der Waals surface area contributed by atoms with Crippen LogP contribution in [-0.4, -0.2) is 29.4 Å². The van der Waals surface area contributed by atoms with E-state index in [1.54, 1.807) is 24.3 Å². The van der Waals surface area contributed by atoms with Crippen LogP contribution in [0.15, 0.2) is 97.1 Å². The molecule has 276 valence electrons. The fraction of sp³-hybridized carbons (Fsp3) is 0.333. The number of fused-ring (bicyclic) bond motifs is 1. The second-order valence-corrected chi connectivity index (χ2v) is 16.4. The molecule has 13 heteroatoms. The Kier molecular flexibility index (Phi) is 11.9. The number of carbonyl (C=O) groups is 2. The molecular formula is C39H36F9NO2P+. The molecule has 0 atom stereocenters. The van der Waals surface area contributed by atoms with Crippen LogP contribution in [0, 0.1) is 0 Å². The van der Waals surface area contributed by atoms with Crippen molar-refractivity contribution in [1.29, 1.82) is 0 Å². The summed E-state index contributed by atoms with van der Waals surface area (Å²) < 4.78 is 122. The number of benzene rings is 4. The lowest BCUT2D eigenvalue weighted by molar-refractivity contribution is -0.138. The molecule has 0 N–H and O–H groups in total. The number of imide groups is 1. The van der Waals surface area contributed by atoms with E-state index in [2.05, 4.69) is 0 Å².